The molecule has 2 aliphatic heterocycles. The van der Waals surface area contributed by atoms with Gasteiger partial charge in [0.2, 0.25) is 10.0 Å². The van der Waals surface area contributed by atoms with Gasteiger partial charge in [0.25, 0.3) is 0 Å². The molecule has 1 saturated heterocycles. The van der Waals surface area contributed by atoms with Gasteiger partial charge < -0.3 is 10.0 Å². The van der Waals surface area contributed by atoms with E-state index in [0.717, 1.165) is 71.3 Å². The number of thiophene rings is 1. The highest BCUT2D eigenvalue weighted by Crippen LogP contribution is 2.52. The van der Waals surface area contributed by atoms with Crippen LogP contribution in [0.2, 0.25) is 5.02 Å². The summed E-state index contributed by atoms with van der Waals surface area (Å²) < 4.78 is 29.5. The maximum atomic E-state index is 13.7. The van der Waals surface area contributed by atoms with E-state index in [4.69, 9.17) is 11.6 Å². The van der Waals surface area contributed by atoms with Crippen molar-refractivity contribution in [1.82, 2.24) is 9.29 Å². The lowest BCUT2D eigenvalue weighted by molar-refractivity contribution is 0.125. The van der Waals surface area contributed by atoms with Crippen molar-refractivity contribution >= 4 is 48.9 Å². The Labute approximate surface area is 228 Å². The minimum atomic E-state index is -3.44. The number of aromatic nitrogens is 1. The van der Waals surface area contributed by atoms with Gasteiger partial charge in [0.15, 0.2) is 0 Å². The van der Waals surface area contributed by atoms with Crippen LogP contribution in [0.15, 0.2) is 30.5 Å². The molecule has 1 atom stereocenters. The number of aliphatic hydroxyl groups is 1. The smallest absolute Gasteiger partial charge is 0.219 e. The molecular weight excluding hydrogens is 526 g/mol. The van der Waals surface area contributed by atoms with Crippen molar-refractivity contribution in [3.05, 3.63) is 45.9 Å². The Hall–Kier alpha value is -1.71. The summed E-state index contributed by atoms with van der Waals surface area (Å²) in [6.45, 7) is 6.85. The Morgan fingerprint density at radius 1 is 1.19 bits per heavy atom. The minimum absolute atomic E-state index is 0.0114. The molecule has 0 amide bonds. The van der Waals surface area contributed by atoms with Gasteiger partial charge in [-0.1, -0.05) is 11.6 Å². The van der Waals surface area contributed by atoms with E-state index in [1.165, 1.54) is 11.3 Å². The normalized spacial score (nSPS) is 22.0. The van der Waals surface area contributed by atoms with Crippen LogP contribution in [0.4, 0.5) is 5.69 Å². The van der Waals surface area contributed by atoms with Crippen LogP contribution in [-0.4, -0.2) is 52.2 Å². The van der Waals surface area contributed by atoms with Crippen LogP contribution in [0.5, 0.6) is 0 Å². The molecule has 6 nitrogen and oxygen atoms in total. The first kappa shape index (κ1) is 25.6. The van der Waals surface area contributed by atoms with Gasteiger partial charge in [-0.2, -0.15) is 4.31 Å². The van der Waals surface area contributed by atoms with Crippen molar-refractivity contribution < 1.29 is 13.5 Å². The van der Waals surface area contributed by atoms with Gasteiger partial charge in [-0.05, 0) is 89.1 Å². The molecule has 1 spiro atoms. The van der Waals surface area contributed by atoms with E-state index < -0.39 is 14.8 Å². The Morgan fingerprint density at radius 2 is 1.97 bits per heavy atom. The number of nitrogens with zero attached hydrogens (tertiary/aromatic N) is 3. The van der Waals surface area contributed by atoms with E-state index in [1.54, 1.807) is 11.3 Å². The van der Waals surface area contributed by atoms with Gasteiger partial charge in [-0.3, -0.25) is 4.98 Å². The topological polar surface area (TPSA) is 73.7 Å². The molecule has 0 bridgehead atoms. The molecule has 3 aromatic rings. The van der Waals surface area contributed by atoms with E-state index in [2.05, 4.69) is 16.0 Å². The minimum Gasteiger partial charge on any atom is -0.391 e. The molecule has 9 heteroatoms. The van der Waals surface area contributed by atoms with Gasteiger partial charge in [-0.25, -0.2) is 8.42 Å². The average Bonchev–Trinajstić information content (AvgIpc) is 3.44. The van der Waals surface area contributed by atoms with Gasteiger partial charge in [0, 0.05) is 57.6 Å². The van der Waals surface area contributed by atoms with Crippen LogP contribution in [0.25, 0.3) is 21.3 Å². The molecule has 198 valence electrons. The zero-order valence-corrected chi connectivity index (χ0v) is 24.0. The highest BCUT2D eigenvalue weighted by atomic mass is 35.5. The molecule has 1 N–H and O–H groups in total. The van der Waals surface area contributed by atoms with Crippen LogP contribution in [0.1, 0.15) is 63.3 Å². The molecule has 1 aliphatic carbocycles. The number of hydrogen-bond donors (Lipinski definition) is 1. The van der Waals surface area contributed by atoms with E-state index in [-0.39, 0.29) is 18.2 Å². The molecule has 4 heterocycles. The highest BCUT2D eigenvalue weighted by Gasteiger charge is 2.57. The number of halogens is 1. The molecule has 0 radical (unpaired) electrons. The van der Waals surface area contributed by atoms with E-state index >= 15 is 0 Å². The summed E-state index contributed by atoms with van der Waals surface area (Å²) in [6.07, 6.45) is 7.62. The average molecular weight is 560 g/mol. The largest absolute Gasteiger partial charge is 0.391 e. The number of sulfonamides is 1. The van der Waals surface area contributed by atoms with Crippen molar-refractivity contribution in [2.45, 2.75) is 82.2 Å². The number of rotatable bonds is 4. The number of aliphatic hydroxyl groups excluding tert-OH is 1. The fourth-order valence-electron chi connectivity index (χ4n) is 6.51. The van der Waals surface area contributed by atoms with E-state index in [9.17, 15) is 13.5 Å². The Bertz CT molecular complexity index is 1470. The van der Waals surface area contributed by atoms with Gasteiger partial charge >= 0.3 is 0 Å². The van der Waals surface area contributed by atoms with Crippen molar-refractivity contribution in [2.75, 3.05) is 18.0 Å². The number of pyridine rings is 1. The second-order valence-electron chi connectivity index (χ2n) is 11.8. The first-order valence-electron chi connectivity index (χ1n) is 13.1. The van der Waals surface area contributed by atoms with Gasteiger partial charge in [0.05, 0.1) is 21.6 Å². The number of benzene rings is 1. The summed E-state index contributed by atoms with van der Waals surface area (Å²) in [4.78, 5) is 7.91. The Kier molecular flexibility index (Phi) is 6.16. The summed E-state index contributed by atoms with van der Waals surface area (Å²) in [7, 11) is -3.44. The fraction of sp³-hybridized carbons (Fsp3) is 0.536. The van der Waals surface area contributed by atoms with Crippen molar-refractivity contribution in [1.29, 1.82) is 0 Å². The third-order valence-corrected chi connectivity index (χ3v) is 12.5. The summed E-state index contributed by atoms with van der Waals surface area (Å²) in [6, 6.07) is 8.23. The lowest BCUT2D eigenvalue weighted by Gasteiger charge is -2.46. The lowest BCUT2D eigenvalue weighted by Crippen LogP contribution is -2.56. The predicted octanol–water partition coefficient (Wildman–Crippen LogP) is 5.99. The summed E-state index contributed by atoms with van der Waals surface area (Å²) in [5.74, 6) is 0. The van der Waals surface area contributed by atoms with Crippen LogP contribution < -0.4 is 4.90 Å². The standard InChI is InChI=1S/C28H34ClN3O3S2/c1-27(2,3)37(34,35)32-16-20(15-28(32)8-5-9-28)31-11-4-6-18-12-19(29)13-23(25(18)31)22-7-10-30-24-14-21(17-33)36-26(22)24/h7,10,12-14,20,33H,4-6,8-9,11,15-17H2,1-3H3. The molecule has 6 rings (SSSR count). The number of fused-ring (bicyclic) bond motifs is 2. The fourth-order valence-corrected chi connectivity index (χ4v) is 9.54. The molecule has 37 heavy (non-hydrogen) atoms. The Balaban J connectivity index is 1.47. The van der Waals surface area contributed by atoms with Crippen molar-refractivity contribution in [3.8, 4) is 11.1 Å². The number of hydrogen-bond acceptors (Lipinski definition) is 6. The van der Waals surface area contributed by atoms with E-state index in [1.807, 2.05) is 49.5 Å². The van der Waals surface area contributed by atoms with Crippen LogP contribution >= 0.6 is 22.9 Å². The maximum Gasteiger partial charge on any atom is 0.219 e. The third kappa shape index (κ3) is 4.02. The molecule has 1 saturated carbocycles. The lowest BCUT2D eigenvalue weighted by atomic mass is 9.75. The van der Waals surface area contributed by atoms with Gasteiger partial charge in [0.1, 0.15) is 0 Å². The SMILES string of the molecule is CC(C)(C)S(=O)(=O)N1CC(N2CCCc3cc(Cl)cc(-c4ccnc5cc(CO)sc45)c32)CC12CCC2. The zero-order chi connectivity index (χ0) is 26.2. The maximum absolute atomic E-state index is 13.7. The van der Waals surface area contributed by atoms with Crippen LogP contribution in [0.3, 0.4) is 0 Å². The zero-order valence-electron chi connectivity index (χ0n) is 21.6. The summed E-state index contributed by atoms with van der Waals surface area (Å²) in [5, 5.41) is 10.5. The molecule has 3 aliphatic rings. The van der Waals surface area contributed by atoms with Gasteiger partial charge in [-0.15, -0.1) is 11.3 Å². The predicted molar refractivity (Wildman–Crippen MR) is 152 cm³/mol. The number of aryl methyl sites for hydroxylation is 1. The molecule has 2 fully saturated rings. The summed E-state index contributed by atoms with van der Waals surface area (Å²) >= 11 is 8.24. The van der Waals surface area contributed by atoms with E-state index in [0.29, 0.717) is 11.6 Å². The van der Waals surface area contributed by atoms with Crippen molar-refractivity contribution in [3.63, 3.8) is 0 Å². The molecule has 1 aromatic carbocycles. The highest BCUT2D eigenvalue weighted by molar-refractivity contribution is 7.90. The third-order valence-electron chi connectivity index (χ3n) is 8.51. The first-order chi connectivity index (χ1) is 17.5. The quantitative estimate of drug-likeness (QED) is 0.425. The second-order valence-corrected chi connectivity index (χ2v) is 16.0. The van der Waals surface area contributed by atoms with Crippen LogP contribution in [-0.2, 0) is 23.1 Å². The van der Waals surface area contributed by atoms with Crippen molar-refractivity contribution in [2.24, 2.45) is 0 Å². The molecule has 2 aromatic heterocycles. The Morgan fingerprint density at radius 3 is 2.65 bits per heavy atom. The monoisotopic (exact) mass is 559 g/mol. The number of anilines is 1. The first-order valence-corrected chi connectivity index (χ1v) is 15.8. The second kappa shape index (κ2) is 8.91. The van der Waals surface area contributed by atoms with Crippen LogP contribution in [0, 0.1) is 0 Å². The molecule has 1 unspecified atom stereocenters. The molecular formula is C28H34ClN3O3S2. The summed E-state index contributed by atoms with van der Waals surface area (Å²) in [5.41, 5.74) is 5.15.